The van der Waals surface area contributed by atoms with E-state index in [2.05, 4.69) is 10.6 Å². The van der Waals surface area contributed by atoms with Crippen molar-refractivity contribution < 1.29 is 19.1 Å². The molecule has 0 aliphatic carbocycles. The SMILES string of the molecule is CC[C@H](N)C(=O)N[C@@H]1C(=O)N2[C@@H](CC[C@@H]1COCc1ccccc1)CC[C@H]2C(=O)NC(c1ccccc1)c1ccccc1. The van der Waals surface area contributed by atoms with Crippen molar-refractivity contribution in [3.8, 4) is 0 Å². The van der Waals surface area contributed by atoms with E-state index in [1.54, 1.807) is 4.90 Å². The van der Waals surface area contributed by atoms with Crippen molar-refractivity contribution in [3.05, 3.63) is 108 Å². The van der Waals surface area contributed by atoms with Crippen LogP contribution in [0.5, 0.6) is 0 Å². The third-order valence-electron chi connectivity index (χ3n) is 8.74. The molecule has 8 heteroatoms. The Morgan fingerprint density at radius 1 is 0.884 bits per heavy atom. The van der Waals surface area contributed by atoms with Crippen molar-refractivity contribution in [2.75, 3.05) is 6.61 Å². The van der Waals surface area contributed by atoms with Gasteiger partial charge in [0.15, 0.2) is 0 Å². The highest BCUT2D eigenvalue weighted by Gasteiger charge is 2.48. The second-order valence-corrected chi connectivity index (χ2v) is 11.6. The summed E-state index contributed by atoms with van der Waals surface area (Å²) in [5, 5.41) is 6.20. The third kappa shape index (κ3) is 7.32. The molecule has 4 N–H and O–H groups in total. The van der Waals surface area contributed by atoms with Crippen molar-refractivity contribution in [1.29, 1.82) is 0 Å². The predicted molar refractivity (Wildman–Crippen MR) is 166 cm³/mol. The molecule has 5 atom stereocenters. The molecule has 0 spiro atoms. The fourth-order valence-electron chi connectivity index (χ4n) is 6.29. The maximum atomic E-state index is 14.3. The van der Waals surface area contributed by atoms with E-state index in [9.17, 15) is 14.4 Å². The first-order valence-corrected chi connectivity index (χ1v) is 15.4. The van der Waals surface area contributed by atoms with Gasteiger partial charge in [0.05, 0.1) is 25.3 Å². The molecule has 2 fully saturated rings. The summed E-state index contributed by atoms with van der Waals surface area (Å²) in [5.41, 5.74) is 9.03. The van der Waals surface area contributed by atoms with Crippen molar-refractivity contribution in [2.24, 2.45) is 11.7 Å². The Morgan fingerprint density at radius 2 is 1.47 bits per heavy atom. The lowest BCUT2D eigenvalue weighted by molar-refractivity contribution is -0.144. The Bertz CT molecular complexity index is 1310. The number of nitrogens with two attached hydrogens (primary N) is 1. The van der Waals surface area contributed by atoms with Gasteiger partial charge in [-0.15, -0.1) is 0 Å². The fourth-order valence-corrected chi connectivity index (χ4v) is 6.29. The average Bonchev–Trinajstić information content (AvgIpc) is 3.43. The van der Waals surface area contributed by atoms with Gasteiger partial charge in [0.1, 0.15) is 12.1 Å². The van der Waals surface area contributed by atoms with E-state index in [4.69, 9.17) is 10.5 Å². The average molecular weight is 583 g/mol. The lowest BCUT2D eigenvalue weighted by Gasteiger charge is -2.33. The maximum Gasteiger partial charge on any atom is 0.246 e. The Balaban J connectivity index is 1.36. The summed E-state index contributed by atoms with van der Waals surface area (Å²) in [7, 11) is 0. The van der Waals surface area contributed by atoms with Crippen molar-refractivity contribution in [2.45, 2.75) is 75.8 Å². The summed E-state index contributed by atoms with van der Waals surface area (Å²) in [4.78, 5) is 43.0. The molecular formula is C35H42N4O4. The van der Waals surface area contributed by atoms with Crippen LogP contribution in [-0.2, 0) is 25.7 Å². The second kappa shape index (κ2) is 14.4. The van der Waals surface area contributed by atoms with Crippen LogP contribution in [0.1, 0.15) is 61.8 Å². The van der Waals surface area contributed by atoms with Crippen LogP contribution in [0.25, 0.3) is 0 Å². The van der Waals surface area contributed by atoms with Gasteiger partial charge in [-0.05, 0) is 48.8 Å². The topological polar surface area (TPSA) is 114 Å². The first-order valence-electron chi connectivity index (χ1n) is 15.4. The molecule has 43 heavy (non-hydrogen) atoms. The molecule has 0 bridgehead atoms. The lowest BCUT2D eigenvalue weighted by Crippen LogP contribution is -2.58. The summed E-state index contributed by atoms with van der Waals surface area (Å²) < 4.78 is 6.08. The molecule has 0 aromatic heterocycles. The number of carbonyl (C=O) groups is 3. The van der Waals surface area contributed by atoms with Crippen LogP contribution in [0, 0.1) is 5.92 Å². The minimum atomic E-state index is -0.821. The number of ether oxygens (including phenoxy) is 1. The third-order valence-corrected chi connectivity index (χ3v) is 8.74. The number of amides is 3. The predicted octanol–water partition coefficient (Wildman–Crippen LogP) is 4.10. The molecule has 8 nitrogen and oxygen atoms in total. The van der Waals surface area contributed by atoms with Crippen molar-refractivity contribution in [1.82, 2.24) is 15.5 Å². The summed E-state index contributed by atoms with van der Waals surface area (Å²) >= 11 is 0. The molecular weight excluding hydrogens is 540 g/mol. The van der Waals surface area contributed by atoms with E-state index < -0.39 is 18.1 Å². The number of nitrogens with one attached hydrogen (secondary N) is 2. The smallest absolute Gasteiger partial charge is 0.246 e. The van der Waals surface area contributed by atoms with E-state index in [-0.39, 0.29) is 35.7 Å². The number of benzene rings is 3. The van der Waals surface area contributed by atoms with Gasteiger partial charge in [0.25, 0.3) is 0 Å². The zero-order valence-corrected chi connectivity index (χ0v) is 24.7. The summed E-state index contributed by atoms with van der Waals surface area (Å²) in [6, 6.07) is 27.0. The van der Waals surface area contributed by atoms with Gasteiger partial charge in [-0.2, -0.15) is 0 Å². The number of carbonyl (C=O) groups excluding carboxylic acids is 3. The number of rotatable bonds is 11. The molecule has 2 aliphatic rings. The van der Waals surface area contributed by atoms with Gasteiger partial charge in [0.2, 0.25) is 17.7 Å². The first kappa shape index (κ1) is 30.4. The second-order valence-electron chi connectivity index (χ2n) is 11.6. The Hall–Kier alpha value is -4.01. The Morgan fingerprint density at radius 3 is 2.07 bits per heavy atom. The summed E-state index contributed by atoms with van der Waals surface area (Å²) in [6.07, 6.45) is 3.20. The normalized spacial score (nSPS) is 22.5. The zero-order valence-electron chi connectivity index (χ0n) is 24.7. The molecule has 3 aromatic carbocycles. The molecule has 3 aromatic rings. The lowest BCUT2D eigenvalue weighted by atomic mass is 9.93. The standard InChI is InChI=1S/C35H42N4O4/c1-2-29(36)33(40)38-32-27(23-43-22-24-12-6-3-7-13-24)18-19-28-20-21-30(39(28)35(32)42)34(41)37-31(25-14-8-4-9-15-25)26-16-10-5-11-17-26/h3-17,27-32H,2,18-23,36H2,1H3,(H,37,41)(H,38,40)/t27-,28+,29+,30+,32+/m1/s1. The van der Waals surface area contributed by atoms with Gasteiger partial charge < -0.3 is 26.0 Å². The van der Waals surface area contributed by atoms with E-state index in [0.717, 1.165) is 29.5 Å². The summed E-state index contributed by atoms with van der Waals surface area (Å²) in [5.74, 6) is -1.02. The molecule has 2 aliphatic heterocycles. The van der Waals surface area contributed by atoms with Crippen molar-refractivity contribution in [3.63, 3.8) is 0 Å². The van der Waals surface area contributed by atoms with Crippen LogP contribution in [0.15, 0.2) is 91.0 Å². The highest BCUT2D eigenvalue weighted by atomic mass is 16.5. The number of fused-ring (bicyclic) bond motifs is 1. The van der Waals surface area contributed by atoms with Crippen LogP contribution in [0.2, 0.25) is 0 Å². The number of hydrogen-bond acceptors (Lipinski definition) is 5. The van der Waals surface area contributed by atoms with Crippen LogP contribution in [0.4, 0.5) is 0 Å². The summed E-state index contributed by atoms with van der Waals surface area (Å²) in [6.45, 7) is 2.57. The number of hydrogen-bond donors (Lipinski definition) is 3. The Kier molecular flexibility index (Phi) is 10.2. The maximum absolute atomic E-state index is 14.3. The van der Waals surface area contributed by atoms with Gasteiger partial charge in [-0.3, -0.25) is 14.4 Å². The monoisotopic (exact) mass is 582 g/mol. The molecule has 0 unspecified atom stereocenters. The van der Waals surface area contributed by atoms with E-state index in [0.29, 0.717) is 32.5 Å². The molecule has 2 heterocycles. The number of nitrogens with zero attached hydrogens (tertiary/aromatic N) is 1. The quantitative estimate of drug-likeness (QED) is 0.315. The molecule has 5 rings (SSSR count). The minimum absolute atomic E-state index is 0.0754. The van der Waals surface area contributed by atoms with Gasteiger partial charge in [-0.25, -0.2) is 0 Å². The minimum Gasteiger partial charge on any atom is -0.376 e. The van der Waals surface area contributed by atoms with E-state index >= 15 is 0 Å². The van der Waals surface area contributed by atoms with Crippen LogP contribution >= 0.6 is 0 Å². The first-order chi connectivity index (χ1) is 21.0. The van der Waals surface area contributed by atoms with Crippen molar-refractivity contribution >= 4 is 17.7 Å². The molecule has 226 valence electrons. The molecule has 0 radical (unpaired) electrons. The van der Waals surface area contributed by atoms with E-state index in [1.807, 2.05) is 97.9 Å². The Labute approximate surface area is 254 Å². The largest absolute Gasteiger partial charge is 0.376 e. The molecule has 2 saturated heterocycles. The molecule has 0 saturated carbocycles. The highest BCUT2D eigenvalue weighted by molar-refractivity contribution is 5.94. The highest BCUT2D eigenvalue weighted by Crippen LogP contribution is 2.35. The van der Waals surface area contributed by atoms with Crippen LogP contribution in [0.3, 0.4) is 0 Å². The van der Waals surface area contributed by atoms with Gasteiger partial charge in [-0.1, -0.05) is 97.9 Å². The molecule has 3 amide bonds. The van der Waals surface area contributed by atoms with Crippen LogP contribution < -0.4 is 16.4 Å². The zero-order chi connectivity index (χ0) is 30.2. The fraction of sp³-hybridized carbons (Fsp3) is 0.400. The van der Waals surface area contributed by atoms with E-state index in [1.165, 1.54) is 0 Å². The van der Waals surface area contributed by atoms with Gasteiger partial charge >= 0.3 is 0 Å². The van der Waals surface area contributed by atoms with Crippen LogP contribution in [-0.4, -0.2) is 53.4 Å². The van der Waals surface area contributed by atoms with Gasteiger partial charge in [0, 0.05) is 12.0 Å².